The Morgan fingerprint density at radius 1 is 0.889 bits per heavy atom. The summed E-state index contributed by atoms with van der Waals surface area (Å²) in [6, 6.07) is 0. The molecule has 1 atom stereocenters. The number of nitrogens with zero attached hydrogens (tertiary/aromatic N) is 1. The molecule has 0 bridgehead atoms. The quantitative estimate of drug-likeness (QED) is 0.421. The van der Waals surface area contributed by atoms with Crippen molar-refractivity contribution in [3.8, 4) is 0 Å². The second-order valence-electron chi connectivity index (χ2n) is 3.79. The second kappa shape index (κ2) is 5.96. The number of carboxylic acid groups (broad SMARTS) is 4. The van der Waals surface area contributed by atoms with Crippen LogP contribution in [0.4, 0.5) is 0 Å². The maximum Gasteiger partial charge on any atom is 0.324 e. The lowest BCUT2D eigenvalue weighted by molar-refractivity contribution is -0.162. The van der Waals surface area contributed by atoms with Crippen molar-refractivity contribution in [1.82, 2.24) is 4.90 Å². The lowest BCUT2D eigenvalue weighted by atomic mass is 9.95. The van der Waals surface area contributed by atoms with E-state index in [2.05, 4.69) is 0 Å². The molecule has 0 aromatic carbocycles. The van der Waals surface area contributed by atoms with E-state index >= 15 is 0 Å². The predicted octanol–water partition coefficient (Wildman–Crippen LogP) is -1.22. The summed E-state index contributed by atoms with van der Waals surface area (Å²) in [5.41, 5.74) is -2.11. The van der Waals surface area contributed by atoms with E-state index in [9.17, 15) is 19.2 Å². The molecule has 0 amide bonds. The average molecular weight is 263 g/mol. The van der Waals surface area contributed by atoms with Crippen molar-refractivity contribution in [2.45, 2.75) is 18.9 Å². The largest absolute Gasteiger partial charge is 0.481 e. The minimum absolute atomic E-state index is 0.577. The van der Waals surface area contributed by atoms with Crippen molar-refractivity contribution in [2.24, 2.45) is 0 Å². The molecule has 0 unspecified atom stereocenters. The van der Waals surface area contributed by atoms with Gasteiger partial charge in [-0.1, -0.05) is 0 Å². The van der Waals surface area contributed by atoms with Crippen molar-refractivity contribution >= 4 is 23.9 Å². The minimum Gasteiger partial charge on any atom is -0.481 e. The Morgan fingerprint density at radius 2 is 1.28 bits per heavy atom. The molecule has 0 aliphatic heterocycles. The molecule has 0 saturated carbocycles. The Bertz CT molecular complexity index is 363. The molecule has 102 valence electrons. The fraction of sp³-hybridized carbons (Fsp3) is 0.556. The SMILES string of the molecule is C[C@](CC(=O)O)(C(=O)O)N(CC(=O)O)CC(=O)O. The van der Waals surface area contributed by atoms with Crippen molar-refractivity contribution in [3.05, 3.63) is 0 Å². The molecule has 0 spiro atoms. The van der Waals surface area contributed by atoms with E-state index in [1.54, 1.807) is 0 Å². The third-order valence-corrected chi connectivity index (χ3v) is 2.31. The smallest absolute Gasteiger partial charge is 0.324 e. The molecule has 9 nitrogen and oxygen atoms in total. The third kappa shape index (κ3) is 4.37. The standard InChI is InChI=1S/C9H13NO8/c1-9(8(17)18,2-5(11)12)10(3-6(13)14)4-7(15)16/h2-4H2,1H3,(H,11,12)(H,13,14)(H,15,16)(H,17,18)/t9-/m0/s1. The lowest BCUT2D eigenvalue weighted by Crippen LogP contribution is -2.56. The fourth-order valence-electron chi connectivity index (χ4n) is 1.35. The van der Waals surface area contributed by atoms with Crippen LogP contribution in [-0.2, 0) is 19.2 Å². The van der Waals surface area contributed by atoms with Crippen molar-refractivity contribution in [3.63, 3.8) is 0 Å². The van der Waals surface area contributed by atoms with Gasteiger partial charge in [0, 0.05) is 0 Å². The van der Waals surface area contributed by atoms with E-state index in [0.29, 0.717) is 4.90 Å². The topological polar surface area (TPSA) is 152 Å². The summed E-state index contributed by atoms with van der Waals surface area (Å²) in [6.45, 7) is -0.805. The first kappa shape index (κ1) is 15.8. The molecule has 0 aliphatic rings. The second-order valence-corrected chi connectivity index (χ2v) is 3.79. The molecule has 0 heterocycles. The zero-order valence-electron chi connectivity index (χ0n) is 9.49. The van der Waals surface area contributed by atoms with Gasteiger partial charge in [-0.2, -0.15) is 0 Å². The summed E-state index contributed by atoms with van der Waals surface area (Å²) in [6.07, 6.45) is -0.914. The number of rotatable bonds is 8. The molecule has 0 radical (unpaired) electrons. The van der Waals surface area contributed by atoms with Gasteiger partial charge in [0.1, 0.15) is 5.54 Å². The molecule has 9 heteroatoms. The highest BCUT2D eigenvalue weighted by Gasteiger charge is 2.43. The Kier molecular flexibility index (Phi) is 5.24. The number of carbonyl (C=O) groups is 4. The number of carboxylic acids is 4. The highest BCUT2D eigenvalue weighted by atomic mass is 16.4. The maximum atomic E-state index is 11.1. The average Bonchev–Trinajstić information content (AvgIpc) is 2.13. The van der Waals surface area contributed by atoms with Gasteiger partial charge in [-0.3, -0.25) is 24.1 Å². The van der Waals surface area contributed by atoms with Gasteiger partial charge in [0.15, 0.2) is 0 Å². The van der Waals surface area contributed by atoms with E-state index in [1.807, 2.05) is 0 Å². The minimum atomic E-state index is -2.11. The van der Waals surface area contributed by atoms with Gasteiger partial charge in [-0.15, -0.1) is 0 Å². The van der Waals surface area contributed by atoms with Crippen molar-refractivity contribution < 1.29 is 39.6 Å². The van der Waals surface area contributed by atoms with Gasteiger partial charge in [-0.05, 0) is 6.92 Å². The molecule has 0 aromatic rings. The molecule has 0 rings (SSSR count). The van der Waals surface area contributed by atoms with Crippen LogP contribution in [0, 0.1) is 0 Å². The monoisotopic (exact) mass is 263 g/mol. The van der Waals surface area contributed by atoms with Crippen LogP contribution in [0.25, 0.3) is 0 Å². The van der Waals surface area contributed by atoms with Gasteiger partial charge in [0.25, 0.3) is 0 Å². The Balaban J connectivity index is 5.31. The molecule has 0 saturated heterocycles. The molecule has 18 heavy (non-hydrogen) atoms. The Hall–Kier alpha value is -2.16. The van der Waals surface area contributed by atoms with E-state index in [0.717, 1.165) is 6.92 Å². The number of hydrogen-bond donors (Lipinski definition) is 4. The highest BCUT2D eigenvalue weighted by molar-refractivity contribution is 5.86. The van der Waals surface area contributed by atoms with Crippen molar-refractivity contribution in [2.75, 3.05) is 13.1 Å². The highest BCUT2D eigenvalue weighted by Crippen LogP contribution is 2.20. The number of hydrogen-bond acceptors (Lipinski definition) is 5. The normalized spacial score (nSPS) is 13.9. The van der Waals surface area contributed by atoms with Crippen LogP contribution in [-0.4, -0.2) is 67.8 Å². The summed E-state index contributed by atoms with van der Waals surface area (Å²) in [4.78, 5) is 43.4. The van der Waals surface area contributed by atoms with Gasteiger partial charge < -0.3 is 20.4 Å². The van der Waals surface area contributed by atoms with Crippen LogP contribution in [0.5, 0.6) is 0 Å². The van der Waals surface area contributed by atoms with E-state index in [4.69, 9.17) is 20.4 Å². The van der Waals surface area contributed by atoms with Crippen molar-refractivity contribution in [1.29, 1.82) is 0 Å². The van der Waals surface area contributed by atoms with Gasteiger partial charge >= 0.3 is 23.9 Å². The fourth-order valence-corrected chi connectivity index (χ4v) is 1.35. The first-order valence-electron chi connectivity index (χ1n) is 4.73. The maximum absolute atomic E-state index is 11.1. The van der Waals surface area contributed by atoms with E-state index in [-0.39, 0.29) is 0 Å². The van der Waals surface area contributed by atoms with Crippen LogP contribution in [0.2, 0.25) is 0 Å². The van der Waals surface area contributed by atoms with Crippen LogP contribution in [0.3, 0.4) is 0 Å². The zero-order valence-corrected chi connectivity index (χ0v) is 9.49. The van der Waals surface area contributed by atoms with Gasteiger partial charge in [-0.25, -0.2) is 0 Å². The van der Waals surface area contributed by atoms with Crippen LogP contribution in [0.1, 0.15) is 13.3 Å². The zero-order chi connectivity index (χ0) is 14.5. The Labute approximate surface area is 101 Å². The molecule has 0 aliphatic carbocycles. The van der Waals surface area contributed by atoms with Crippen LogP contribution in [0.15, 0.2) is 0 Å². The third-order valence-electron chi connectivity index (χ3n) is 2.31. The Morgan fingerprint density at radius 3 is 1.50 bits per heavy atom. The number of aliphatic carboxylic acids is 4. The molecular formula is C9H13NO8. The molecule has 0 aromatic heterocycles. The van der Waals surface area contributed by atoms with Gasteiger partial charge in [0.05, 0.1) is 19.5 Å². The first-order valence-corrected chi connectivity index (χ1v) is 4.73. The predicted molar refractivity (Wildman–Crippen MR) is 55.1 cm³/mol. The molecule has 0 fully saturated rings. The van der Waals surface area contributed by atoms with Crippen LogP contribution < -0.4 is 0 Å². The molecule has 4 N–H and O–H groups in total. The van der Waals surface area contributed by atoms with E-state index < -0.39 is 48.9 Å². The van der Waals surface area contributed by atoms with E-state index in [1.165, 1.54) is 0 Å². The summed E-state index contributed by atoms with van der Waals surface area (Å²) < 4.78 is 0. The summed E-state index contributed by atoms with van der Waals surface area (Å²) in [7, 11) is 0. The van der Waals surface area contributed by atoms with Gasteiger partial charge in [0.2, 0.25) is 0 Å². The lowest BCUT2D eigenvalue weighted by Gasteiger charge is -2.34. The molecular weight excluding hydrogens is 250 g/mol. The first-order chi connectivity index (χ1) is 8.09. The summed E-state index contributed by atoms with van der Waals surface area (Å²) in [5, 5.41) is 34.8. The summed E-state index contributed by atoms with van der Waals surface area (Å²) >= 11 is 0. The summed E-state index contributed by atoms with van der Waals surface area (Å²) in [5.74, 6) is -5.98. The van der Waals surface area contributed by atoms with Crippen LogP contribution >= 0.6 is 0 Å².